The number of rotatable bonds is 5. The number of amides is 2. The Labute approximate surface area is 163 Å². The molecule has 0 saturated carbocycles. The van der Waals surface area contributed by atoms with Crippen molar-refractivity contribution < 1.29 is 23.8 Å². The van der Waals surface area contributed by atoms with Gasteiger partial charge in [0.1, 0.15) is 0 Å². The minimum Gasteiger partial charge on any atom is -0.493 e. The van der Waals surface area contributed by atoms with Gasteiger partial charge >= 0.3 is 0 Å². The fourth-order valence-electron chi connectivity index (χ4n) is 3.95. The van der Waals surface area contributed by atoms with E-state index in [-0.39, 0.29) is 11.8 Å². The Balaban J connectivity index is 1.64. The third-order valence-corrected chi connectivity index (χ3v) is 5.24. The second-order valence-electron chi connectivity index (χ2n) is 6.81. The summed E-state index contributed by atoms with van der Waals surface area (Å²) in [6.45, 7) is 0.694. The zero-order valence-electron chi connectivity index (χ0n) is 16.1. The molecule has 2 aromatic carbocycles. The number of aryl methyl sites for hydroxylation is 1. The van der Waals surface area contributed by atoms with Crippen LogP contribution in [0.2, 0.25) is 0 Å². The first-order valence-corrected chi connectivity index (χ1v) is 9.13. The minimum atomic E-state index is -0.219. The van der Waals surface area contributed by atoms with Crippen LogP contribution in [-0.4, -0.2) is 39.7 Å². The first-order valence-electron chi connectivity index (χ1n) is 9.13. The topological polar surface area (TPSA) is 77.1 Å². The summed E-state index contributed by atoms with van der Waals surface area (Å²) in [7, 11) is 4.59. The normalized spacial score (nSPS) is 14.5. The van der Waals surface area contributed by atoms with E-state index in [2.05, 4.69) is 5.32 Å². The van der Waals surface area contributed by atoms with Crippen LogP contribution in [0, 0.1) is 0 Å². The predicted octanol–water partition coefficient (Wildman–Crippen LogP) is 2.80. The number of anilines is 2. The van der Waals surface area contributed by atoms with E-state index in [9.17, 15) is 9.59 Å². The molecule has 0 atom stereocenters. The van der Waals surface area contributed by atoms with Crippen molar-refractivity contribution in [3.63, 3.8) is 0 Å². The molecule has 0 fully saturated rings. The Kier molecular flexibility index (Phi) is 4.58. The molecule has 0 radical (unpaired) electrons. The van der Waals surface area contributed by atoms with Gasteiger partial charge in [0.2, 0.25) is 11.7 Å². The highest BCUT2D eigenvalue weighted by atomic mass is 16.5. The molecule has 7 heteroatoms. The molecule has 146 valence electrons. The first kappa shape index (κ1) is 18.2. The summed E-state index contributed by atoms with van der Waals surface area (Å²) in [5, 5.41) is 2.90. The van der Waals surface area contributed by atoms with Crippen molar-refractivity contribution in [2.24, 2.45) is 0 Å². The van der Waals surface area contributed by atoms with Gasteiger partial charge in [-0.2, -0.15) is 0 Å². The molecular formula is C21H22N2O5. The molecule has 0 spiro atoms. The van der Waals surface area contributed by atoms with Gasteiger partial charge < -0.3 is 24.4 Å². The second-order valence-corrected chi connectivity index (χ2v) is 6.81. The van der Waals surface area contributed by atoms with E-state index in [4.69, 9.17) is 14.2 Å². The Morgan fingerprint density at radius 1 is 0.929 bits per heavy atom. The number of carbonyl (C=O) groups excluding carboxylic acids is 2. The van der Waals surface area contributed by atoms with Crippen LogP contribution in [0.3, 0.4) is 0 Å². The number of nitrogens with one attached hydrogen (secondary N) is 1. The molecule has 0 aromatic heterocycles. The van der Waals surface area contributed by atoms with Crippen molar-refractivity contribution >= 4 is 23.2 Å². The van der Waals surface area contributed by atoms with Crippen LogP contribution in [-0.2, 0) is 17.6 Å². The molecule has 2 heterocycles. The molecular weight excluding hydrogens is 360 g/mol. The molecule has 0 aliphatic carbocycles. The third kappa shape index (κ3) is 2.93. The van der Waals surface area contributed by atoms with Gasteiger partial charge in [0, 0.05) is 36.3 Å². The van der Waals surface area contributed by atoms with Gasteiger partial charge in [-0.15, -0.1) is 0 Å². The van der Waals surface area contributed by atoms with Crippen molar-refractivity contribution in [2.75, 3.05) is 38.1 Å². The third-order valence-electron chi connectivity index (χ3n) is 5.24. The van der Waals surface area contributed by atoms with Crippen LogP contribution in [0.25, 0.3) is 0 Å². The lowest BCUT2D eigenvalue weighted by Crippen LogP contribution is -2.33. The van der Waals surface area contributed by atoms with Gasteiger partial charge in [-0.25, -0.2) is 0 Å². The van der Waals surface area contributed by atoms with Crippen LogP contribution in [0.4, 0.5) is 11.4 Å². The fourth-order valence-corrected chi connectivity index (χ4v) is 3.95. The largest absolute Gasteiger partial charge is 0.493 e. The smallest absolute Gasteiger partial charge is 0.255 e. The maximum absolute atomic E-state index is 12.9. The molecule has 4 rings (SSSR count). The van der Waals surface area contributed by atoms with Crippen LogP contribution in [0.15, 0.2) is 24.3 Å². The van der Waals surface area contributed by atoms with Crippen LogP contribution in [0.5, 0.6) is 17.2 Å². The average Bonchev–Trinajstić information content (AvgIpc) is 3.15. The lowest BCUT2D eigenvalue weighted by Gasteiger charge is -2.25. The summed E-state index contributed by atoms with van der Waals surface area (Å²) in [4.78, 5) is 26.8. The van der Waals surface area contributed by atoms with E-state index in [1.165, 1.54) is 21.3 Å². The summed E-state index contributed by atoms with van der Waals surface area (Å²) >= 11 is 0. The minimum absolute atomic E-state index is 0.167. The molecule has 2 aromatic rings. The quantitative estimate of drug-likeness (QED) is 0.861. The summed E-state index contributed by atoms with van der Waals surface area (Å²) in [6, 6.07) is 7.15. The Bertz CT molecular complexity index is 945. The number of benzene rings is 2. The SMILES string of the molecule is COc1cc(NC(=O)c2cc3c4c(c2)CCN4C(=O)CC3)cc(OC)c1OC. The highest BCUT2D eigenvalue weighted by Crippen LogP contribution is 2.40. The Morgan fingerprint density at radius 3 is 2.18 bits per heavy atom. The summed E-state index contributed by atoms with van der Waals surface area (Å²) in [5.74, 6) is 1.35. The monoisotopic (exact) mass is 382 g/mol. The lowest BCUT2D eigenvalue weighted by molar-refractivity contribution is -0.118. The van der Waals surface area contributed by atoms with E-state index >= 15 is 0 Å². The van der Waals surface area contributed by atoms with Crippen molar-refractivity contribution in [1.82, 2.24) is 0 Å². The Morgan fingerprint density at radius 2 is 1.57 bits per heavy atom. The summed E-state index contributed by atoms with van der Waals surface area (Å²) in [6.07, 6.45) is 1.94. The Hall–Kier alpha value is -3.22. The van der Waals surface area contributed by atoms with Crippen molar-refractivity contribution in [2.45, 2.75) is 19.3 Å². The van der Waals surface area contributed by atoms with Crippen molar-refractivity contribution in [3.05, 3.63) is 41.0 Å². The summed E-state index contributed by atoms with van der Waals surface area (Å²) < 4.78 is 16.0. The zero-order chi connectivity index (χ0) is 19.8. The van der Waals surface area contributed by atoms with Gasteiger partial charge in [-0.05, 0) is 36.1 Å². The number of nitrogens with zero attached hydrogens (tertiary/aromatic N) is 1. The molecule has 0 unspecified atom stereocenters. The molecule has 2 amide bonds. The summed E-state index contributed by atoms with van der Waals surface area (Å²) in [5.41, 5.74) is 4.25. The number of hydrogen-bond donors (Lipinski definition) is 1. The first-order chi connectivity index (χ1) is 13.5. The predicted molar refractivity (Wildman–Crippen MR) is 105 cm³/mol. The number of carbonyl (C=O) groups is 2. The number of hydrogen-bond acceptors (Lipinski definition) is 5. The molecule has 1 N–H and O–H groups in total. The number of methoxy groups -OCH3 is 3. The maximum atomic E-state index is 12.9. The van der Waals surface area contributed by atoms with E-state index < -0.39 is 0 Å². The van der Waals surface area contributed by atoms with Gasteiger partial charge in [-0.1, -0.05) is 0 Å². The fraction of sp³-hybridized carbons (Fsp3) is 0.333. The molecule has 28 heavy (non-hydrogen) atoms. The average molecular weight is 382 g/mol. The van der Waals surface area contributed by atoms with E-state index in [0.717, 1.165) is 23.2 Å². The van der Waals surface area contributed by atoms with Crippen LogP contribution in [0.1, 0.15) is 27.9 Å². The second kappa shape index (κ2) is 7.07. The van der Waals surface area contributed by atoms with Gasteiger partial charge in [0.15, 0.2) is 11.5 Å². The molecule has 0 saturated heterocycles. The zero-order valence-corrected chi connectivity index (χ0v) is 16.1. The van der Waals surface area contributed by atoms with Crippen LogP contribution >= 0.6 is 0 Å². The molecule has 7 nitrogen and oxygen atoms in total. The lowest BCUT2D eigenvalue weighted by atomic mass is 9.96. The number of ether oxygens (including phenoxy) is 3. The maximum Gasteiger partial charge on any atom is 0.255 e. The molecule has 2 aliphatic heterocycles. The van der Waals surface area contributed by atoms with Crippen molar-refractivity contribution in [1.29, 1.82) is 0 Å². The highest BCUT2D eigenvalue weighted by molar-refractivity contribution is 6.06. The van der Waals surface area contributed by atoms with Gasteiger partial charge in [0.25, 0.3) is 5.91 Å². The van der Waals surface area contributed by atoms with E-state index in [0.29, 0.717) is 47.9 Å². The standard InChI is InChI=1S/C21H22N2O5/c1-26-16-10-15(11-17(27-2)20(16)28-3)22-21(25)14-8-12-4-5-18(24)23-7-6-13(9-14)19(12)23/h8-11H,4-7H2,1-3H3,(H,22,25). The van der Waals surface area contributed by atoms with E-state index in [1.807, 2.05) is 17.0 Å². The molecule has 0 bridgehead atoms. The van der Waals surface area contributed by atoms with Gasteiger partial charge in [-0.3, -0.25) is 9.59 Å². The molecule has 2 aliphatic rings. The highest BCUT2D eigenvalue weighted by Gasteiger charge is 2.32. The van der Waals surface area contributed by atoms with Crippen molar-refractivity contribution in [3.8, 4) is 17.2 Å². The van der Waals surface area contributed by atoms with Gasteiger partial charge in [0.05, 0.1) is 27.0 Å². The van der Waals surface area contributed by atoms with E-state index in [1.54, 1.807) is 12.1 Å². The van der Waals surface area contributed by atoms with Crippen LogP contribution < -0.4 is 24.4 Å².